The van der Waals surface area contributed by atoms with E-state index in [0.29, 0.717) is 23.2 Å². The SMILES string of the molecule is CCn1c(SCC(=O)Nc2ccc(C)cc2C)nnc1-c1sc2ncccc2c1N. The Bertz CT molecular complexity index is 1230. The van der Waals surface area contributed by atoms with Crippen LogP contribution in [-0.2, 0) is 11.3 Å². The number of carbonyl (C=O) groups excluding carboxylic acids is 1. The van der Waals surface area contributed by atoms with Crippen molar-refractivity contribution in [2.75, 3.05) is 16.8 Å². The van der Waals surface area contributed by atoms with E-state index >= 15 is 0 Å². The molecule has 0 fully saturated rings. The maximum absolute atomic E-state index is 12.5. The molecule has 0 spiro atoms. The van der Waals surface area contributed by atoms with E-state index in [9.17, 15) is 4.79 Å². The van der Waals surface area contributed by atoms with Crippen molar-refractivity contribution in [3.63, 3.8) is 0 Å². The fourth-order valence-corrected chi connectivity index (χ4v) is 5.10. The molecule has 0 unspecified atom stereocenters. The molecule has 0 saturated carbocycles. The standard InChI is InChI=1S/C21H22N6OS2/c1-4-27-19(18-17(22)14-6-5-9-23-20(14)30-18)25-26-21(27)29-11-16(28)24-15-8-7-12(2)10-13(15)3/h5-10H,4,11,22H2,1-3H3,(H,24,28). The van der Waals surface area contributed by atoms with Crippen LogP contribution in [-0.4, -0.2) is 31.4 Å². The number of anilines is 2. The number of fused-ring (bicyclic) bond motifs is 1. The summed E-state index contributed by atoms with van der Waals surface area (Å²) in [7, 11) is 0. The highest BCUT2D eigenvalue weighted by Gasteiger charge is 2.20. The van der Waals surface area contributed by atoms with Crippen LogP contribution in [0.2, 0.25) is 0 Å². The molecule has 4 aromatic rings. The highest BCUT2D eigenvalue weighted by atomic mass is 32.2. The van der Waals surface area contributed by atoms with Crippen LogP contribution >= 0.6 is 23.1 Å². The van der Waals surface area contributed by atoms with Gasteiger partial charge in [-0.25, -0.2) is 4.98 Å². The van der Waals surface area contributed by atoms with Crippen LogP contribution in [0.1, 0.15) is 18.1 Å². The van der Waals surface area contributed by atoms with Gasteiger partial charge in [0.15, 0.2) is 11.0 Å². The van der Waals surface area contributed by atoms with Crippen molar-refractivity contribution in [1.29, 1.82) is 0 Å². The molecule has 0 aliphatic rings. The Labute approximate surface area is 182 Å². The minimum absolute atomic E-state index is 0.0790. The first-order valence-electron chi connectivity index (χ1n) is 9.54. The Morgan fingerprint density at radius 2 is 2.10 bits per heavy atom. The number of aryl methyl sites for hydroxylation is 2. The van der Waals surface area contributed by atoms with Crippen LogP contribution in [0, 0.1) is 13.8 Å². The number of aromatic nitrogens is 4. The van der Waals surface area contributed by atoms with E-state index in [-0.39, 0.29) is 11.7 Å². The molecular formula is C21H22N6OS2. The van der Waals surface area contributed by atoms with Crippen molar-refractivity contribution in [3.8, 4) is 10.7 Å². The number of nitrogens with zero attached hydrogens (tertiary/aromatic N) is 4. The maximum Gasteiger partial charge on any atom is 0.234 e. The molecule has 3 heterocycles. The van der Waals surface area contributed by atoms with Gasteiger partial charge < -0.3 is 15.6 Å². The predicted octanol–water partition coefficient (Wildman–Crippen LogP) is 4.50. The predicted molar refractivity (Wildman–Crippen MR) is 124 cm³/mol. The summed E-state index contributed by atoms with van der Waals surface area (Å²) in [5, 5.41) is 13.2. The summed E-state index contributed by atoms with van der Waals surface area (Å²) in [5.74, 6) is 0.870. The van der Waals surface area contributed by atoms with Crippen LogP contribution in [0.3, 0.4) is 0 Å². The fourth-order valence-electron chi connectivity index (χ4n) is 3.24. The molecule has 0 atom stereocenters. The zero-order valence-corrected chi connectivity index (χ0v) is 18.6. The number of carbonyl (C=O) groups is 1. The highest BCUT2D eigenvalue weighted by Crippen LogP contribution is 2.39. The fraction of sp³-hybridized carbons (Fsp3) is 0.238. The lowest BCUT2D eigenvalue weighted by atomic mass is 10.1. The third kappa shape index (κ3) is 3.90. The zero-order chi connectivity index (χ0) is 21.3. The smallest absolute Gasteiger partial charge is 0.234 e. The monoisotopic (exact) mass is 438 g/mol. The molecule has 1 amide bonds. The number of hydrogen-bond donors (Lipinski definition) is 2. The van der Waals surface area contributed by atoms with Crippen molar-refractivity contribution in [1.82, 2.24) is 19.7 Å². The number of pyridine rings is 1. The van der Waals surface area contributed by atoms with E-state index in [0.717, 1.165) is 26.3 Å². The Morgan fingerprint density at radius 3 is 2.83 bits per heavy atom. The lowest BCUT2D eigenvalue weighted by Crippen LogP contribution is -2.15. The average Bonchev–Trinajstić information content (AvgIpc) is 3.29. The number of thiophene rings is 1. The van der Waals surface area contributed by atoms with Gasteiger partial charge in [-0.05, 0) is 44.5 Å². The number of nitrogens with two attached hydrogens (primary N) is 1. The summed E-state index contributed by atoms with van der Waals surface area (Å²) in [6, 6.07) is 9.79. The van der Waals surface area contributed by atoms with Crippen molar-refractivity contribution in [2.45, 2.75) is 32.5 Å². The van der Waals surface area contributed by atoms with E-state index in [4.69, 9.17) is 5.73 Å². The molecule has 154 valence electrons. The van der Waals surface area contributed by atoms with E-state index < -0.39 is 0 Å². The summed E-state index contributed by atoms with van der Waals surface area (Å²) >= 11 is 2.86. The summed E-state index contributed by atoms with van der Waals surface area (Å²) in [4.78, 5) is 18.6. The highest BCUT2D eigenvalue weighted by molar-refractivity contribution is 7.99. The second-order valence-corrected chi connectivity index (χ2v) is 8.85. The van der Waals surface area contributed by atoms with Crippen LogP contribution < -0.4 is 11.1 Å². The Morgan fingerprint density at radius 1 is 1.27 bits per heavy atom. The van der Waals surface area contributed by atoms with Crippen molar-refractivity contribution < 1.29 is 4.79 Å². The number of hydrogen-bond acceptors (Lipinski definition) is 7. The molecule has 30 heavy (non-hydrogen) atoms. The summed E-state index contributed by atoms with van der Waals surface area (Å²) in [6.45, 7) is 6.71. The van der Waals surface area contributed by atoms with Crippen LogP contribution in [0.25, 0.3) is 20.9 Å². The lowest BCUT2D eigenvalue weighted by molar-refractivity contribution is -0.113. The molecule has 0 bridgehead atoms. The first-order valence-corrected chi connectivity index (χ1v) is 11.3. The van der Waals surface area contributed by atoms with Gasteiger partial charge in [0, 0.05) is 23.8 Å². The molecule has 7 nitrogen and oxygen atoms in total. The Hall–Kier alpha value is -2.91. The second kappa shape index (κ2) is 8.45. The van der Waals surface area contributed by atoms with Gasteiger partial charge in [0.2, 0.25) is 5.91 Å². The molecule has 0 saturated heterocycles. The molecule has 9 heteroatoms. The van der Waals surface area contributed by atoms with Gasteiger partial charge in [-0.2, -0.15) is 0 Å². The first-order chi connectivity index (χ1) is 14.5. The number of nitrogen functional groups attached to an aromatic ring is 1. The molecule has 0 radical (unpaired) electrons. The lowest BCUT2D eigenvalue weighted by Gasteiger charge is -2.09. The van der Waals surface area contributed by atoms with Crippen molar-refractivity contribution in [2.24, 2.45) is 0 Å². The quantitative estimate of drug-likeness (QED) is 0.430. The van der Waals surface area contributed by atoms with Gasteiger partial charge in [0.1, 0.15) is 4.83 Å². The summed E-state index contributed by atoms with van der Waals surface area (Å²) < 4.78 is 1.98. The first kappa shape index (κ1) is 20.4. The van der Waals surface area contributed by atoms with E-state index in [1.807, 2.05) is 55.7 Å². The van der Waals surface area contributed by atoms with E-state index in [1.54, 1.807) is 6.20 Å². The van der Waals surface area contributed by atoms with Gasteiger partial charge in [-0.15, -0.1) is 21.5 Å². The van der Waals surface area contributed by atoms with E-state index in [2.05, 4.69) is 20.5 Å². The van der Waals surface area contributed by atoms with Crippen molar-refractivity contribution in [3.05, 3.63) is 47.7 Å². The normalized spacial score (nSPS) is 11.2. The van der Waals surface area contributed by atoms with Crippen LogP contribution in [0.5, 0.6) is 0 Å². The van der Waals surface area contributed by atoms with Gasteiger partial charge in [-0.1, -0.05) is 29.5 Å². The van der Waals surface area contributed by atoms with Crippen LogP contribution in [0.15, 0.2) is 41.7 Å². The molecule has 0 aliphatic carbocycles. The average molecular weight is 439 g/mol. The number of amides is 1. The Balaban J connectivity index is 1.52. The zero-order valence-electron chi connectivity index (χ0n) is 17.0. The molecule has 0 aliphatic heterocycles. The van der Waals surface area contributed by atoms with Gasteiger partial charge >= 0.3 is 0 Å². The third-order valence-electron chi connectivity index (χ3n) is 4.73. The summed E-state index contributed by atoms with van der Waals surface area (Å²) in [6.07, 6.45) is 1.75. The molecule has 3 N–H and O–H groups in total. The number of benzene rings is 1. The van der Waals surface area contributed by atoms with Crippen LogP contribution in [0.4, 0.5) is 11.4 Å². The second-order valence-electron chi connectivity index (χ2n) is 6.91. The van der Waals surface area contributed by atoms with Crippen molar-refractivity contribution >= 4 is 50.6 Å². The number of rotatable bonds is 6. The molecular weight excluding hydrogens is 416 g/mol. The van der Waals surface area contributed by atoms with Gasteiger partial charge in [0.05, 0.1) is 16.3 Å². The molecule has 4 rings (SSSR count). The summed E-state index contributed by atoms with van der Waals surface area (Å²) in [5.41, 5.74) is 10.1. The molecule has 3 aromatic heterocycles. The van der Waals surface area contributed by atoms with Gasteiger partial charge in [-0.3, -0.25) is 4.79 Å². The Kier molecular flexibility index (Phi) is 5.74. The number of thioether (sulfide) groups is 1. The molecule has 1 aromatic carbocycles. The topological polar surface area (TPSA) is 98.7 Å². The largest absolute Gasteiger partial charge is 0.397 e. The maximum atomic E-state index is 12.5. The van der Waals surface area contributed by atoms with Gasteiger partial charge in [0.25, 0.3) is 0 Å². The minimum atomic E-state index is -0.0790. The minimum Gasteiger partial charge on any atom is -0.397 e. The number of nitrogens with one attached hydrogen (secondary N) is 1. The van der Waals surface area contributed by atoms with E-state index in [1.165, 1.54) is 28.7 Å². The third-order valence-corrected chi connectivity index (χ3v) is 6.82.